The normalized spacial score (nSPS) is 24.6. The van der Waals surface area contributed by atoms with E-state index in [2.05, 4.69) is 44.8 Å². The highest BCUT2D eigenvalue weighted by Crippen LogP contribution is 2.29. The molecule has 18 heavy (non-hydrogen) atoms. The summed E-state index contributed by atoms with van der Waals surface area (Å²) in [5.41, 5.74) is 2.05. The molecule has 1 atom stereocenters. The summed E-state index contributed by atoms with van der Waals surface area (Å²) in [5, 5.41) is 12.2. The van der Waals surface area contributed by atoms with Crippen LogP contribution in [-0.4, -0.2) is 26.1 Å². The quantitative estimate of drug-likeness (QED) is 0.831. The summed E-state index contributed by atoms with van der Waals surface area (Å²) in [6.07, 6.45) is 3.57. The Balaban J connectivity index is 2.17. The van der Waals surface area contributed by atoms with Crippen LogP contribution in [0, 0.1) is 13.8 Å². The Morgan fingerprint density at radius 2 is 2.11 bits per heavy atom. The molecule has 1 aliphatic heterocycles. The standard InChI is InChI=1S/C13H19N5/c1-9-8-10(2)18-11(16-17-12(18)15-9)13(3)6-4-5-7-14-13/h8,14H,4-7H2,1-3H3. The van der Waals surface area contributed by atoms with E-state index < -0.39 is 0 Å². The monoisotopic (exact) mass is 245 g/mol. The first-order chi connectivity index (χ1) is 8.60. The van der Waals surface area contributed by atoms with Crippen molar-refractivity contribution in [2.45, 2.75) is 45.6 Å². The fourth-order valence-electron chi connectivity index (χ4n) is 2.83. The maximum Gasteiger partial charge on any atom is 0.255 e. The van der Waals surface area contributed by atoms with Crippen molar-refractivity contribution in [1.82, 2.24) is 24.9 Å². The first-order valence-electron chi connectivity index (χ1n) is 6.55. The highest BCUT2D eigenvalue weighted by Gasteiger charge is 2.33. The van der Waals surface area contributed by atoms with E-state index >= 15 is 0 Å². The maximum atomic E-state index is 4.44. The van der Waals surface area contributed by atoms with Crippen molar-refractivity contribution in [1.29, 1.82) is 0 Å². The van der Waals surface area contributed by atoms with Gasteiger partial charge in [-0.25, -0.2) is 4.98 Å². The van der Waals surface area contributed by atoms with E-state index in [4.69, 9.17) is 0 Å². The largest absolute Gasteiger partial charge is 0.305 e. The second-order valence-electron chi connectivity index (χ2n) is 5.41. The van der Waals surface area contributed by atoms with E-state index in [9.17, 15) is 0 Å². The molecule has 1 saturated heterocycles. The minimum Gasteiger partial charge on any atom is -0.305 e. The number of hydrogen-bond acceptors (Lipinski definition) is 4. The van der Waals surface area contributed by atoms with Crippen LogP contribution >= 0.6 is 0 Å². The molecule has 1 unspecified atom stereocenters. The molecular formula is C13H19N5. The first kappa shape index (κ1) is 11.6. The molecule has 0 spiro atoms. The Morgan fingerprint density at radius 3 is 2.83 bits per heavy atom. The highest BCUT2D eigenvalue weighted by molar-refractivity contribution is 5.34. The maximum absolute atomic E-state index is 4.44. The SMILES string of the molecule is Cc1cc(C)n2c(C3(C)CCCCN3)nnc2n1. The van der Waals surface area contributed by atoms with Gasteiger partial charge in [-0.2, -0.15) is 0 Å². The van der Waals surface area contributed by atoms with Crippen LogP contribution in [0.15, 0.2) is 6.07 Å². The van der Waals surface area contributed by atoms with Crippen molar-refractivity contribution in [2.24, 2.45) is 0 Å². The highest BCUT2D eigenvalue weighted by atomic mass is 15.3. The van der Waals surface area contributed by atoms with Crippen molar-refractivity contribution in [2.75, 3.05) is 6.54 Å². The molecule has 5 heteroatoms. The van der Waals surface area contributed by atoms with Crippen LogP contribution in [0.4, 0.5) is 0 Å². The number of nitrogens with one attached hydrogen (secondary N) is 1. The predicted molar refractivity (Wildman–Crippen MR) is 69.5 cm³/mol. The van der Waals surface area contributed by atoms with Gasteiger partial charge in [0.2, 0.25) is 0 Å². The number of piperidine rings is 1. The molecule has 0 aromatic carbocycles. The first-order valence-corrected chi connectivity index (χ1v) is 6.55. The van der Waals surface area contributed by atoms with Gasteiger partial charge in [-0.05, 0) is 52.6 Å². The molecule has 0 bridgehead atoms. The minimum atomic E-state index is -0.0840. The molecule has 3 heterocycles. The van der Waals surface area contributed by atoms with Gasteiger partial charge in [0.15, 0.2) is 5.82 Å². The van der Waals surface area contributed by atoms with E-state index in [1.165, 1.54) is 12.8 Å². The van der Waals surface area contributed by atoms with Crippen LogP contribution < -0.4 is 5.32 Å². The van der Waals surface area contributed by atoms with Crippen LogP contribution in [0.1, 0.15) is 43.4 Å². The Morgan fingerprint density at radius 1 is 1.28 bits per heavy atom. The van der Waals surface area contributed by atoms with Crippen LogP contribution in [0.25, 0.3) is 5.78 Å². The third-order valence-corrected chi connectivity index (χ3v) is 3.81. The van der Waals surface area contributed by atoms with E-state index in [1.807, 2.05) is 6.92 Å². The molecule has 2 aromatic heterocycles. The van der Waals surface area contributed by atoms with Gasteiger partial charge in [-0.15, -0.1) is 10.2 Å². The summed E-state index contributed by atoms with van der Waals surface area (Å²) >= 11 is 0. The van der Waals surface area contributed by atoms with Crippen LogP contribution in [0.2, 0.25) is 0 Å². The van der Waals surface area contributed by atoms with Gasteiger partial charge in [0.25, 0.3) is 5.78 Å². The molecule has 0 amide bonds. The predicted octanol–water partition coefficient (Wildman–Crippen LogP) is 1.73. The molecule has 1 fully saturated rings. The zero-order valence-electron chi connectivity index (χ0n) is 11.2. The van der Waals surface area contributed by atoms with Crippen LogP contribution in [0.3, 0.4) is 0 Å². The average molecular weight is 245 g/mol. The number of aryl methyl sites for hydroxylation is 2. The van der Waals surface area contributed by atoms with Gasteiger partial charge in [0.1, 0.15) is 0 Å². The lowest BCUT2D eigenvalue weighted by Crippen LogP contribution is -2.44. The number of rotatable bonds is 1. The zero-order chi connectivity index (χ0) is 12.8. The molecule has 3 rings (SSSR count). The van der Waals surface area contributed by atoms with Crippen molar-refractivity contribution < 1.29 is 0 Å². The van der Waals surface area contributed by atoms with Gasteiger partial charge >= 0.3 is 0 Å². The van der Waals surface area contributed by atoms with E-state index in [1.54, 1.807) is 0 Å². The molecule has 5 nitrogen and oxygen atoms in total. The molecule has 1 N–H and O–H groups in total. The lowest BCUT2D eigenvalue weighted by atomic mass is 9.90. The van der Waals surface area contributed by atoms with Gasteiger partial charge in [-0.3, -0.25) is 4.40 Å². The third-order valence-electron chi connectivity index (χ3n) is 3.81. The molecular weight excluding hydrogens is 226 g/mol. The van der Waals surface area contributed by atoms with Crippen molar-refractivity contribution in [3.63, 3.8) is 0 Å². The van der Waals surface area contributed by atoms with Gasteiger partial charge in [0.05, 0.1) is 5.54 Å². The lowest BCUT2D eigenvalue weighted by Gasteiger charge is -2.33. The summed E-state index contributed by atoms with van der Waals surface area (Å²) in [6, 6.07) is 2.08. The molecule has 96 valence electrons. The third kappa shape index (κ3) is 1.70. The van der Waals surface area contributed by atoms with Crippen LogP contribution in [-0.2, 0) is 5.54 Å². The summed E-state index contributed by atoms with van der Waals surface area (Å²) in [5.74, 6) is 1.69. The zero-order valence-corrected chi connectivity index (χ0v) is 11.2. The van der Waals surface area contributed by atoms with Crippen molar-refractivity contribution in [3.05, 3.63) is 23.3 Å². The lowest BCUT2D eigenvalue weighted by molar-refractivity contribution is 0.266. The summed E-state index contributed by atoms with van der Waals surface area (Å²) in [4.78, 5) is 4.44. The van der Waals surface area contributed by atoms with Crippen molar-refractivity contribution >= 4 is 5.78 Å². The number of aromatic nitrogens is 4. The summed E-state index contributed by atoms with van der Waals surface area (Å²) in [6.45, 7) is 7.33. The minimum absolute atomic E-state index is 0.0840. The smallest absolute Gasteiger partial charge is 0.255 e. The molecule has 0 radical (unpaired) electrons. The molecule has 0 aliphatic carbocycles. The molecule has 0 saturated carbocycles. The van der Waals surface area contributed by atoms with Crippen LogP contribution in [0.5, 0.6) is 0 Å². The number of hydrogen-bond donors (Lipinski definition) is 1. The topological polar surface area (TPSA) is 55.1 Å². The fourth-order valence-corrected chi connectivity index (χ4v) is 2.83. The number of fused-ring (bicyclic) bond motifs is 1. The Bertz CT molecular complexity index is 580. The Hall–Kier alpha value is -1.49. The molecule has 1 aliphatic rings. The summed E-state index contributed by atoms with van der Waals surface area (Å²) in [7, 11) is 0. The summed E-state index contributed by atoms with van der Waals surface area (Å²) < 4.78 is 2.07. The molecule has 2 aromatic rings. The number of nitrogens with zero attached hydrogens (tertiary/aromatic N) is 4. The van der Waals surface area contributed by atoms with Crippen molar-refractivity contribution in [3.8, 4) is 0 Å². The van der Waals surface area contributed by atoms with Gasteiger partial charge in [0, 0.05) is 11.4 Å². The van der Waals surface area contributed by atoms with E-state index in [0.29, 0.717) is 5.78 Å². The van der Waals surface area contributed by atoms with E-state index in [-0.39, 0.29) is 5.54 Å². The van der Waals surface area contributed by atoms with Gasteiger partial charge < -0.3 is 5.32 Å². The average Bonchev–Trinajstić information content (AvgIpc) is 2.74. The second kappa shape index (κ2) is 4.02. The fraction of sp³-hybridized carbons (Fsp3) is 0.615. The second-order valence-corrected chi connectivity index (χ2v) is 5.41. The Labute approximate surface area is 107 Å². The van der Waals surface area contributed by atoms with Gasteiger partial charge in [-0.1, -0.05) is 0 Å². The van der Waals surface area contributed by atoms with E-state index in [0.717, 1.165) is 30.2 Å². The Kier molecular flexibility index (Phi) is 2.59.